The minimum absolute atomic E-state index is 0.0887. The number of hydrogen-bond acceptors (Lipinski definition) is 4. The number of alkyl halides is 3. The van der Waals surface area contributed by atoms with E-state index < -0.39 is 23.7 Å². The van der Waals surface area contributed by atoms with E-state index in [1.165, 1.54) is 13.0 Å². The van der Waals surface area contributed by atoms with E-state index in [9.17, 15) is 28.4 Å². The van der Waals surface area contributed by atoms with Gasteiger partial charge in [0.05, 0.1) is 0 Å². The minimum atomic E-state index is -4.82. The Bertz CT molecular complexity index is 560. The van der Waals surface area contributed by atoms with Gasteiger partial charge in [-0.1, -0.05) is 6.07 Å². The maximum atomic E-state index is 12.7. The monoisotopic (exact) mass is 304 g/mol. The van der Waals surface area contributed by atoms with Gasteiger partial charge in [0, 0.05) is 16.2 Å². The van der Waals surface area contributed by atoms with Crippen molar-refractivity contribution in [1.29, 1.82) is 0 Å². The van der Waals surface area contributed by atoms with Gasteiger partial charge in [-0.2, -0.15) is 13.2 Å². The molecular formula is C13H15F3N2O3. The number of nitrogens with zero attached hydrogens (tertiary/aromatic N) is 2. The molecule has 0 heterocycles. The van der Waals surface area contributed by atoms with Gasteiger partial charge in [0.25, 0.3) is 0 Å². The molecule has 0 bridgehead atoms. The average molecular weight is 304 g/mol. The molecule has 1 N–H and O–H groups in total. The molecule has 1 aromatic rings. The predicted octanol–water partition coefficient (Wildman–Crippen LogP) is 3.03. The molecule has 0 radical (unpaired) electrons. The number of nitro groups is 1. The summed E-state index contributed by atoms with van der Waals surface area (Å²) in [5.41, 5.74) is 1.38. The Morgan fingerprint density at radius 3 is 2.43 bits per heavy atom. The van der Waals surface area contributed by atoms with E-state index in [4.69, 9.17) is 0 Å². The molecule has 0 amide bonds. The number of rotatable bonds is 4. The number of phenols is 1. The molecule has 1 aromatic carbocycles. The van der Waals surface area contributed by atoms with Crippen molar-refractivity contribution >= 4 is 5.71 Å². The minimum Gasteiger partial charge on any atom is -0.507 e. The SMILES string of the molecule is CC(=NC(C[N+](=O)[O-])C(F)(F)F)c1c(C)cc(C)cc1O. The lowest BCUT2D eigenvalue weighted by atomic mass is 10.0. The zero-order valence-corrected chi connectivity index (χ0v) is 11.7. The highest BCUT2D eigenvalue weighted by Gasteiger charge is 2.43. The maximum Gasteiger partial charge on any atom is 0.417 e. The zero-order chi connectivity index (χ0) is 16.4. The fourth-order valence-corrected chi connectivity index (χ4v) is 2.07. The van der Waals surface area contributed by atoms with E-state index in [0.29, 0.717) is 5.56 Å². The molecule has 5 nitrogen and oxygen atoms in total. The number of hydrogen-bond donors (Lipinski definition) is 1. The lowest BCUT2D eigenvalue weighted by molar-refractivity contribution is -0.489. The summed E-state index contributed by atoms with van der Waals surface area (Å²) in [7, 11) is 0. The van der Waals surface area contributed by atoms with Crippen molar-refractivity contribution in [2.45, 2.75) is 33.0 Å². The quantitative estimate of drug-likeness (QED) is 0.528. The van der Waals surface area contributed by atoms with E-state index in [1.54, 1.807) is 19.9 Å². The van der Waals surface area contributed by atoms with Crippen LogP contribution in [0.1, 0.15) is 23.6 Å². The summed E-state index contributed by atoms with van der Waals surface area (Å²) in [4.78, 5) is 12.7. The average Bonchev–Trinajstić information content (AvgIpc) is 2.24. The van der Waals surface area contributed by atoms with Crippen LogP contribution in [0.25, 0.3) is 0 Å². The van der Waals surface area contributed by atoms with Crippen LogP contribution in [0.3, 0.4) is 0 Å². The van der Waals surface area contributed by atoms with Crippen LogP contribution in [-0.2, 0) is 0 Å². The third kappa shape index (κ3) is 4.44. The highest BCUT2D eigenvalue weighted by molar-refractivity contribution is 6.02. The van der Waals surface area contributed by atoms with Crippen molar-refractivity contribution in [1.82, 2.24) is 0 Å². The van der Waals surface area contributed by atoms with E-state index in [2.05, 4.69) is 4.99 Å². The van der Waals surface area contributed by atoms with Crippen LogP contribution in [-0.4, -0.2) is 34.5 Å². The molecule has 0 saturated heterocycles. The number of phenolic OH excluding ortho intramolecular Hbond substituents is 1. The molecule has 1 atom stereocenters. The lowest BCUT2D eigenvalue weighted by Gasteiger charge is -2.15. The van der Waals surface area contributed by atoms with Crippen LogP contribution in [0.2, 0.25) is 0 Å². The third-order valence-corrected chi connectivity index (χ3v) is 2.87. The maximum absolute atomic E-state index is 12.7. The second kappa shape index (κ2) is 6.11. The molecule has 1 unspecified atom stereocenters. The molecule has 0 saturated carbocycles. The van der Waals surface area contributed by atoms with Crippen molar-refractivity contribution < 1.29 is 23.2 Å². The second-order valence-electron chi connectivity index (χ2n) is 4.76. The van der Waals surface area contributed by atoms with Crippen molar-refractivity contribution in [2.75, 3.05) is 6.54 Å². The Balaban J connectivity index is 3.26. The molecule has 1 rings (SSSR count). The Morgan fingerprint density at radius 1 is 1.43 bits per heavy atom. The van der Waals surface area contributed by atoms with Gasteiger partial charge in [0.15, 0.2) is 0 Å². The molecule has 0 spiro atoms. The van der Waals surface area contributed by atoms with Gasteiger partial charge in [-0.3, -0.25) is 15.1 Å². The fourth-order valence-electron chi connectivity index (χ4n) is 2.07. The molecule has 0 aliphatic carbocycles. The first kappa shape index (κ1) is 16.9. The first-order chi connectivity index (χ1) is 9.52. The summed E-state index contributed by atoms with van der Waals surface area (Å²) in [5.74, 6) is -0.198. The second-order valence-corrected chi connectivity index (χ2v) is 4.76. The molecule has 0 aliphatic rings. The van der Waals surface area contributed by atoms with Crippen molar-refractivity contribution in [3.05, 3.63) is 38.9 Å². The summed E-state index contributed by atoms with van der Waals surface area (Å²) in [5, 5.41) is 20.2. The molecule has 0 aromatic heterocycles. The number of benzene rings is 1. The van der Waals surface area contributed by atoms with Crippen molar-refractivity contribution in [3.8, 4) is 5.75 Å². The van der Waals surface area contributed by atoms with Gasteiger partial charge in [0.2, 0.25) is 12.6 Å². The highest BCUT2D eigenvalue weighted by Crippen LogP contribution is 2.27. The lowest BCUT2D eigenvalue weighted by Crippen LogP contribution is -2.34. The smallest absolute Gasteiger partial charge is 0.417 e. The van der Waals surface area contributed by atoms with Gasteiger partial charge < -0.3 is 5.11 Å². The van der Waals surface area contributed by atoms with Crippen LogP contribution >= 0.6 is 0 Å². The first-order valence-corrected chi connectivity index (χ1v) is 6.06. The van der Waals surface area contributed by atoms with Crippen LogP contribution in [0.5, 0.6) is 5.75 Å². The molecule has 0 aliphatic heterocycles. The molecular weight excluding hydrogens is 289 g/mol. The topological polar surface area (TPSA) is 75.7 Å². The van der Waals surface area contributed by atoms with E-state index in [1.807, 2.05) is 0 Å². The first-order valence-electron chi connectivity index (χ1n) is 6.06. The van der Waals surface area contributed by atoms with Crippen molar-refractivity contribution in [3.63, 3.8) is 0 Å². The zero-order valence-electron chi connectivity index (χ0n) is 11.7. The Morgan fingerprint density at radius 2 is 2.00 bits per heavy atom. The molecule has 116 valence electrons. The Hall–Kier alpha value is -2.12. The normalized spacial score (nSPS) is 14.1. The fraction of sp³-hybridized carbons (Fsp3) is 0.462. The van der Waals surface area contributed by atoms with Gasteiger partial charge in [0.1, 0.15) is 5.75 Å². The Labute approximate surface area is 119 Å². The van der Waals surface area contributed by atoms with Crippen LogP contribution in [0.4, 0.5) is 13.2 Å². The van der Waals surface area contributed by atoms with E-state index in [-0.39, 0.29) is 17.0 Å². The van der Waals surface area contributed by atoms with Crippen LogP contribution < -0.4 is 0 Å². The summed E-state index contributed by atoms with van der Waals surface area (Å²) >= 11 is 0. The summed E-state index contributed by atoms with van der Waals surface area (Å²) in [6, 6.07) is 0.648. The number of halogens is 3. The number of aryl methyl sites for hydroxylation is 2. The van der Waals surface area contributed by atoms with Gasteiger partial charge in [-0.15, -0.1) is 0 Å². The summed E-state index contributed by atoms with van der Waals surface area (Å²) < 4.78 is 38.2. The number of aliphatic imine (C=N–C) groups is 1. The molecule has 8 heteroatoms. The van der Waals surface area contributed by atoms with Gasteiger partial charge in [-0.05, 0) is 38.0 Å². The standard InChI is InChI=1S/C13H15F3N2O3/c1-7-4-8(2)12(10(19)5-7)9(3)17-11(6-18(20)21)13(14,15)16/h4-5,11,19H,6H2,1-3H3. The number of aromatic hydroxyl groups is 1. The van der Waals surface area contributed by atoms with Crippen LogP contribution in [0, 0.1) is 24.0 Å². The largest absolute Gasteiger partial charge is 0.507 e. The predicted molar refractivity (Wildman–Crippen MR) is 71.5 cm³/mol. The highest BCUT2D eigenvalue weighted by atomic mass is 19.4. The van der Waals surface area contributed by atoms with Gasteiger partial charge in [-0.25, -0.2) is 0 Å². The van der Waals surface area contributed by atoms with Gasteiger partial charge >= 0.3 is 6.18 Å². The van der Waals surface area contributed by atoms with E-state index in [0.717, 1.165) is 5.56 Å². The van der Waals surface area contributed by atoms with E-state index >= 15 is 0 Å². The Kier molecular flexibility index (Phi) is 4.93. The van der Waals surface area contributed by atoms with Crippen molar-refractivity contribution in [2.24, 2.45) is 4.99 Å². The third-order valence-electron chi connectivity index (χ3n) is 2.87. The summed E-state index contributed by atoms with van der Waals surface area (Å²) in [6.07, 6.45) is -4.82. The molecule has 21 heavy (non-hydrogen) atoms. The summed E-state index contributed by atoms with van der Waals surface area (Å²) in [6.45, 7) is 3.30. The van der Waals surface area contributed by atoms with Crippen LogP contribution in [0.15, 0.2) is 17.1 Å². The molecule has 0 fully saturated rings.